The average Bonchev–Trinajstić information content (AvgIpc) is 3.08. The number of pyridine rings is 1. The number of aromatic nitrogens is 1. The molecular formula is C33H43F3N6O5. The van der Waals surface area contributed by atoms with Crippen molar-refractivity contribution in [3.05, 3.63) is 53.6 Å². The molecule has 4 rings (SSSR count). The number of rotatable bonds is 12. The molecule has 11 nitrogen and oxygen atoms in total. The zero-order valence-corrected chi connectivity index (χ0v) is 27.0. The van der Waals surface area contributed by atoms with E-state index in [0.29, 0.717) is 44.6 Å². The number of halogens is 3. The normalized spacial score (nSPS) is 17.4. The third-order valence-corrected chi connectivity index (χ3v) is 8.79. The zero-order chi connectivity index (χ0) is 34.1. The Morgan fingerprint density at radius 2 is 1.72 bits per heavy atom. The van der Waals surface area contributed by atoms with Crippen molar-refractivity contribution < 1.29 is 37.1 Å². The smallest absolute Gasteiger partial charge is 0.351 e. The first-order chi connectivity index (χ1) is 22.4. The maximum absolute atomic E-state index is 15.4. The molecule has 47 heavy (non-hydrogen) atoms. The fraction of sp³-hybridized carbons (Fsp3) is 0.545. The van der Waals surface area contributed by atoms with Gasteiger partial charge in [-0.3, -0.25) is 24.2 Å². The molecule has 14 heteroatoms. The molecule has 2 aliphatic rings. The fourth-order valence-corrected chi connectivity index (χ4v) is 5.91. The van der Waals surface area contributed by atoms with Gasteiger partial charge in [0.25, 0.3) is 5.91 Å². The van der Waals surface area contributed by atoms with Gasteiger partial charge in [-0.15, -0.1) is 0 Å². The molecule has 1 aliphatic heterocycles. The number of benzene rings is 1. The summed E-state index contributed by atoms with van der Waals surface area (Å²) in [5, 5.41) is 7.44. The lowest BCUT2D eigenvalue weighted by atomic mass is 9.83. The van der Waals surface area contributed by atoms with Crippen LogP contribution in [-0.4, -0.2) is 90.8 Å². The minimum Gasteiger partial charge on any atom is -0.495 e. The van der Waals surface area contributed by atoms with Gasteiger partial charge in [0.05, 0.1) is 24.6 Å². The molecule has 4 amide bonds. The predicted octanol–water partition coefficient (Wildman–Crippen LogP) is 3.24. The van der Waals surface area contributed by atoms with Crippen LogP contribution in [0.15, 0.2) is 36.7 Å². The van der Waals surface area contributed by atoms with Gasteiger partial charge < -0.3 is 30.5 Å². The summed E-state index contributed by atoms with van der Waals surface area (Å²) >= 11 is 0. The Morgan fingerprint density at radius 1 is 1.02 bits per heavy atom. The van der Waals surface area contributed by atoms with Gasteiger partial charge in [0.1, 0.15) is 23.7 Å². The highest BCUT2D eigenvalue weighted by molar-refractivity contribution is 5.98. The number of nitrogens with one attached hydrogen (secondary N) is 3. The van der Waals surface area contributed by atoms with Crippen LogP contribution in [0, 0.1) is 11.7 Å². The number of hydrogen-bond acceptors (Lipinski definition) is 7. The molecule has 2 atom stereocenters. The molecule has 1 aliphatic carbocycles. The number of hydrogen-bond donors (Lipinski definition) is 3. The summed E-state index contributed by atoms with van der Waals surface area (Å²) in [4.78, 5) is 59.5. The summed E-state index contributed by atoms with van der Waals surface area (Å²) in [6.45, 7) is 4.08. The second kappa shape index (κ2) is 16.1. The number of likely N-dealkylation sites (N-methyl/N-ethyl adjacent to an activating group) is 1. The van der Waals surface area contributed by atoms with E-state index in [1.807, 2.05) is 7.05 Å². The molecule has 0 spiro atoms. The van der Waals surface area contributed by atoms with E-state index in [1.54, 1.807) is 11.8 Å². The summed E-state index contributed by atoms with van der Waals surface area (Å²) in [7, 11) is 3.24. The van der Waals surface area contributed by atoms with Crippen LogP contribution in [0.5, 0.6) is 5.75 Å². The van der Waals surface area contributed by atoms with Gasteiger partial charge in [0.15, 0.2) is 0 Å². The lowest BCUT2D eigenvalue weighted by Crippen LogP contribution is -2.54. The lowest BCUT2D eigenvalue weighted by Gasteiger charge is -2.34. The van der Waals surface area contributed by atoms with E-state index in [9.17, 15) is 19.2 Å². The molecule has 2 heterocycles. The molecule has 0 radical (unpaired) electrons. The van der Waals surface area contributed by atoms with Gasteiger partial charge in [0, 0.05) is 45.2 Å². The quantitative estimate of drug-likeness (QED) is 0.319. The Labute approximate surface area is 272 Å². The number of alkyl halides is 2. The van der Waals surface area contributed by atoms with Crippen molar-refractivity contribution in [3.63, 3.8) is 0 Å². The van der Waals surface area contributed by atoms with Crippen LogP contribution in [0.1, 0.15) is 56.6 Å². The highest BCUT2D eigenvalue weighted by atomic mass is 19.3. The number of ether oxygens (including phenoxy) is 1. The van der Waals surface area contributed by atoms with Crippen molar-refractivity contribution in [3.8, 4) is 5.75 Å². The summed E-state index contributed by atoms with van der Waals surface area (Å²) in [6, 6.07) is 2.75. The van der Waals surface area contributed by atoms with Crippen LogP contribution in [0.3, 0.4) is 0 Å². The maximum atomic E-state index is 15.4. The van der Waals surface area contributed by atoms with Crippen LogP contribution in [0.2, 0.25) is 0 Å². The molecule has 0 unspecified atom stereocenters. The zero-order valence-electron chi connectivity index (χ0n) is 27.0. The first-order valence-electron chi connectivity index (χ1n) is 16.0. The van der Waals surface area contributed by atoms with Gasteiger partial charge >= 0.3 is 5.92 Å². The van der Waals surface area contributed by atoms with Crippen LogP contribution in [-0.2, 0) is 31.5 Å². The van der Waals surface area contributed by atoms with Crippen LogP contribution in [0.25, 0.3) is 0 Å². The first kappa shape index (κ1) is 35.7. The topological polar surface area (TPSA) is 133 Å². The number of carbonyl (C=O) groups excluding carboxylic acids is 4. The Kier molecular flexibility index (Phi) is 12.2. The SMILES string of the molecule is CCC(=O)N[C@H](Cc1ccc(NC(=O)[C@@H](NC(=O)C(F)(F)c2cncc(OC)c2)C2CCCCC2)c(F)c1)C(=O)N1CCN(C)CC1. The van der Waals surface area contributed by atoms with Gasteiger partial charge in [0.2, 0.25) is 17.7 Å². The highest BCUT2D eigenvalue weighted by Crippen LogP contribution is 2.32. The van der Waals surface area contributed by atoms with Crippen LogP contribution < -0.4 is 20.7 Å². The van der Waals surface area contributed by atoms with E-state index in [1.165, 1.54) is 25.4 Å². The number of carbonyl (C=O) groups is 4. The molecular weight excluding hydrogens is 617 g/mol. The number of piperazine rings is 1. The maximum Gasteiger partial charge on any atom is 0.351 e. The van der Waals surface area contributed by atoms with E-state index >= 15 is 13.2 Å². The molecule has 3 N–H and O–H groups in total. The van der Waals surface area contributed by atoms with E-state index in [-0.39, 0.29) is 36.1 Å². The third-order valence-electron chi connectivity index (χ3n) is 8.79. The lowest BCUT2D eigenvalue weighted by molar-refractivity contribution is -0.149. The minimum atomic E-state index is -4.02. The van der Waals surface area contributed by atoms with Crippen LogP contribution >= 0.6 is 0 Å². The third kappa shape index (κ3) is 9.21. The van der Waals surface area contributed by atoms with Gasteiger partial charge in [-0.25, -0.2) is 4.39 Å². The van der Waals surface area contributed by atoms with Gasteiger partial charge in [-0.05, 0) is 49.6 Å². The second-order valence-electron chi connectivity index (χ2n) is 12.1. The Balaban J connectivity index is 1.49. The molecule has 1 saturated heterocycles. The number of anilines is 1. The summed E-state index contributed by atoms with van der Waals surface area (Å²) in [6.07, 6.45) is 5.75. The second-order valence-corrected chi connectivity index (χ2v) is 12.1. The number of methoxy groups -OCH3 is 1. The van der Waals surface area contributed by atoms with E-state index in [2.05, 4.69) is 25.8 Å². The van der Waals surface area contributed by atoms with Crippen molar-refractivity contribution in [1.82, 2.24) is 25.4 Å². The fourth-order valence-electron chi connectivity index (χ4n) is 5.91. The van der Waals surface area contributed by atoms with Gasteiger partial charge in [-0.1, -0.05) is 32.3 Å². The number of amides is 4. The predicted molar refractivity (Wildman–Crippen MR) is 168 cm³/mol. The Morgan fingerprint density at radius 3 is 2.36 bits per heavy atom. The van der Waals surface area contributed by atoms with E-state index < -0.39 is 47.1 Å². The summed E-state index contributed by atoms with van der Waals surface area (Å²) in [5.41, 5.74) is -0.497. The summed E-state index contributed by atoms with van der Waals surface area (Å²) < 4.78 is 50.8. The minimum absolute atomic E-state index is 0.0248. The average molecular weight is 661 g/mol. The molecule has 2 aromatic rings. The van der Waals surface area contributed by atoms with Crippen molar-refractivity contribution >= 4 is 29.3 Å². The van der Waals surface area contributed by atoms with Crippen molar-refractivity contribution in [2.75, 3.05) is 45.7 Å². The number of nitrogens with zero attached hydrogens (tertiary/aromatic N) is 3. The van der Waals surface area contributed by atoms with Crippen molar-refractivity contribution in [1.29, 1.82) is 0 Å². The van der Waals surface area contributed by atoms with Gasteiger partial charge in [-0.2, -0.15) is 8.78 Å². The molecule has 1 aromatic carbocycles. The van der Waals surface area contributed by atoms with Crippen molar-refractivity contribution in [2.24, 2.45) is 5.92 Å². The summed E-state index contributed by atoms with van der Waals surface area (Å²) in [5.74, 6) is -8.31. The van der Waals surface area contributed by atoms with E-state index in [4.69, 9.17) is 4.74 Å². The molecule has 2 fully saturated rings. The van der Waals surface area contributed by atoms with Crippen LogP contribution in [0.4, 0.5) is 18.9 Å². The molecule has 1 aromatic heterocycles. The molecule has 256 valence electrons. The molecule has 0 bridgehead atoms. The van der Waals surface area contributed by atoms with E-state index in [0.717, 1.165) is 37.6 Å². The standard InChI is InChI=1S/C33H43F3N6O5/c1-4-28(43)38-27(31(45)42-14-12-41(2)13-15-42)17-21-10-11-26(25(34)16-21)39-30(44)29(22-8-6-5-7-9-22)40-32(46)33(35,36)23-18-24(47-3)20-37-19-23/h10-11,16,18-20,22,27,29H,4-9,12-15,17H2,1-3H3,(H,38,43)(H,39,44)(H,40,46)/t27-,29+/m1/s1. The largest absolute Gasteiger partial charge is 0.495 e. The Bertz CT molecular complexity index is 1430. The monoisotopic (exact) mass is 660 g/mol. The first-order valence-corrected chi connectivity index (χ1v) is 16.0. The molecule has 1 saturated carbocycles. The Hall–Kier alpha value is -4.20. The van der Waals surface area contributed by atoms with Crippen molar-refractivity contribution in [2.45, 2.75) is 69.9 Å². The highest BCUT2D eigenvalue weighted by Gasteiger charge is 2.44.